The molecule has 1 fully saturated rings. The average Bonchev–Trinajstić information content (AvgIpc) is 3.25. The van der Waals surface area contributed by atoms with Crippen LogP contribution in [0, 0.1) is 5.92 Å². The van der Waals surface area contributed by atoms with Crippen LogP contribution in [0.1, 0.15) is 37.0 Å². The average molecular weight is 368 g/mol. The lowest BCUT2D eigenvalue weighted by molar-refractivity contribution is 0.0461. The fourth-order valence-corrected chi connectivity index (χ4v) is 3.41. The number of nitrogen functional groups attached to an aromatic ring is 1. The van der Waals surface area contributed by atoms with Crippen molar-refractivity contribution in [2.45, 2.75) is 39.3 Å². The maximum atomic E-state index is 12.8. The standard InChI is InChI=1S/C20H24N4O3/c1-12(2)11-27-20(25)16-17-19(23-15-8-4-3-7-14(15)22-17)24(18(16)21)10-13-6-5-9-26-13/h3-4,7-8,12-13H,5-6,9-11,21H2,1-2H3/t13-/m0/s1. The lowest BCUT2D eigenvalue weighted by Crippen LogP contribution is -2.18. The third kappa shape index (κ3) is 3.35. The Morgan fingerprint density at radius 1 is 1.33 bits per heavy atom. The van der Waals surface area contributed by atoms with Crippen LogP contribution in [0.4, 0.5) is 5.82 Å². The van der Waals surface area contributed by atoms with Crippen molar-refractivity contribution in [2.24, 2.45) is 5.92 Å². The van der Waals surface area contributed by atoms with Gasteiger partial charge in [0.05, 0.1) is 30.3 Å². The Bertz CT molecular complexity index is 990. The lowest BCUT2D eigenvalue weighted by atomic mass is 10.2. The fraction of sp³-hybridized carbons (Fsp3) is 0.450. The molecule has 1 aromatic carbocycles. The molecule has 1 atom stereocenters. The highest BCUT2D eigenvalue weighted by Crippen LogP contribution is 2.30. The first-order valence-electron chi connectivity index (χ1n) is 9.37. The highest BCUT2D eigenvalue weighted by Gasteiger charge is 2.27. The Balaban J connectivity index is 1.85. The van der Waals surface area contributed by atoms with E-state index in [9.17, 15) is 4.79 Å². The zero-order valence-corrected chi connectivity index (χ0v) is 15.6. The van der Waals surface area contributed by atoms with E-state index in [0.29, 0.717) is 35.7 Å². The highest BCUT2D eigenvalue weighted by molar-refractivity contribution is 6.08. The third-order valence-electron chi connectivity index (χ3n) is 4.75. The van der Waals surface area contributed by atoms with Gasteiger partial charge in [0, 0.05) is 6.61 Å². The molecule has 2 aromatic heterocycles. The number of carbonyl (C=O) groups excluding carboxylic acids is 1. The summed E-state index contributed by atoms with van der Waals surface area (Å²) in [4.78, 5) is 22.2. The van der Waals surface area contributed by atoms with E-state index in [2.05, 4.69) is 4.98 Å². The molecule has 0 amide bonds. The highest BCUT2D eigenvalue weighted by atomic mass is 16.5. The number of ether oxygens (including phenoxy) is 2. The van der Waals surface area contributed by atoms with Crippen molar-refractivity contribution in [1.29, 1.82) is 0 Å². The molecular formula is C20H24N4O3. The van der Waals surface area contributed by atoms with Crippen molar-refractivity contribution in [3.63, 3.8) is 0 Å². The number of anilines is 1. The van der Waals surface area contributed by atoms with Crippen LogP contribution in [-0.4, -0.2) is 39.8 Å². The molecule has 7 heteroatoms. The van der Waals surface area contributed by atoms with E-state index in [1.54, 1.807) is 0 Å². The minimum Gasteiger partial charge on any atom is -0.462 e. The van der Waals surface area contributed by atoms with E-state index < -0.39 is 5.97 Å². The first-order chi connectivity index (χ1) is 13.0. The second-order valence-electron chi connectivity index (χ2n) is 7.38. The van der Waals surface area contributed by atoms with Crippen molar-refractivity contribution >= 4 is 34.0 Å². The van der Waals surface area contributed by atoms with Crippen molar-refractivity contribution in [3.05, 3.63) is 29.8 Å². The summed E-state index contributed by atoms with van der Waals surface area (Å²) >= 11 is 0. The number of nitrogens with two attached hydrogens (primary N) is 1. The molecule has 142 valence electrons. The third-order valence-corrected chi connectivity index (χ3v) is 4.75. The molecule has 0 saturated carbocycles. The second kappa shape index (κ2) is 7.15. The van der Waals surface area contributed by atoms with Crippen LogP contribution in [-0.2, 0) is 16.0 Å². The van der Waals surface area contributed by atoms with Crippen LogP contribution in [0.2, 0.25) is 0 Å². The van der Waals surface area contributed by atoms with Gasteiger partial charge in [0.2, 0.25) is 0 Å². The van der Waals surface area contributed by atoms with Crippen LogP contribution in [0.15, 0.2) is 24.3 Å². The first kappa shape index (κ1) is 17.7. The van der Waals surface area contributed by atoms with Gasteiger partial charge in [-0.25, -0.2) is 14.8 Å². The Labute approximate surface area is 157 Å². The number of fused-ring (bicyclic) bond motifs is 2. The van der Waals surface area contributed by atoms with Crippen LogP contribution in [0.3, 0.4) is 0 Å². The SMILES string of the molecule is CC(C)COC(=O)c1c(N)n(C[C@@H]2CCCO2)c2nc3ccccc3nc12. The Morgan fingerprint density at radius 3 is 2.74 bits per heavy atom. The van der Waals surface area contributed by atoms with Crippen LogP contribution >= 0.6 is 0 Å². The van der Waals surface area contributed by atoms with Gasteiger partial charge < -0.3 is 19.8 Å². The molecular weight excluding hydrogens is 344 g/mol. The molecule has 1 saturated heterocycles. The fourth-order valence-electron chi connectivity index (χ4n) is 3.41. The number of para-hydroxylation sites is 2. The van der Waals surface area contributed by atoms with E-state index >= 15 is 0 Å². The van der Waals surface area contributed by atoms with Gasteiger partial charge in [-0.15, -0.1) is 0 Å². The molecule has 3 heterocycles. The van der Waals surface area contributed by atoms with E-state index in [4.69, 9.17) is 20.2 Å². The van der Waals surface area contributed by atoms with Crippen LogP contribution < -0.4 is 5.73 Å². The maximum absolute atomic E-state index is 12.8. The second-order valence-corrected chi connectivity index (χ2v) is 7.38. The molecule has 1 aliphatic heterocycles. The summed E-state index contributed by atoms with van der Waals surface area (Å²) in [6.45, 7) is 5.61. The summed E-state index contributed by atoms with van der Waals surface area (Å²) < 4.78 is 13.0. The number of aromatic nitrogens is 3. The lowest BCUT2D eigenvalue weighted by Gasteiger charge is -2.13. The summed E-state index contributed by atoms with van der Waals surface area (Å²) in [5.74, 6) is 0.119. The number of hydrogen-bond acceptors (Lipinski definition) is 6. The van der Waals surface area contributed by atoms with Gasteiger partial charge in [-0.3, -0.25) is 0 Å². The molecule has 3 aromatic rings. The number of hydrogen-bond donors (Lipinski definition) is 1. The summed E-state index contributed by atoms with van der Waals surface area (Å²) in [6, 6.07) is 7.58. The number of nitrogens with zero attached hydrogens (tertiary/aromatic N) is 3. The van der Waals surface area contributed by atoms with Gasteiger partial charge >= 0.3 is 5.97 Å². The molecule has 0 bridgehead atoms. The van der Waals surface area contributed by atoms with E-state index in [-0.39, 0.29) is 12.0 Å². The van der Waals surface area contributed by atoms with Gasteiger partial charge in [-0.2, -0.15) is 0 Å². The normalized spacial score (nSPS) is 17.2. The quantitative estimate of drug-likeness (QED) is 0.696. The summed E-state index contributed by atoms with van der Waals surface area (Å²) in [7, 11) is 0. The smallest absolute Gasteiger partial charge is 0.344 e. The van der Waals surface area contributed by atoms with E-state index in [1.807, 2.05) is 42.7 Å². The number of carbonyl (C=O) groups is 1. The van der Waals surface area contributed by atoms with Crippen molar-refractivity contribution in [1.82, 2.24) is 14.5 Å². The van der Waals surface area contributed by atoms with Gasteiger partial charge in [-0.1, -0.05) is 26.0 Å². The summed E-state index contributed by atoms with van der Waals surface area (Å²) in [5, 5.41) is 0. The van der Waals surface area contributed by atoms with Crippen molar-refractivity contribution in [3.8, 4) is 0 Å². The van der Waals surface area contributed by atoms with Gasteiger partial charge in [0.1, 0.15) is 16.9 Å². The van der Waals surface area contributed by atoms with Crippen LogP contribution in [0.25, 0.3) is 22.2 Å². The van der Waals surface area contributed by atoms with Gasteiger partial charge in [-0.05, 0) is 30.9 Å². The van der Waals surface area contributed by atoms with Gasteiger partial charge in [0.15, 0.2) is 5.65 Å². The summed E-state index contributed by atoms with van der Waals surface area (Å²) in [5.41, 5.74) is 9.25. The minimum absolute atomic E-state index is 0.0655. The number of rotatable bonds is 5. The summed E-state index contributed by atoms with van der Waals surface area (Å²) in [6.07, 6.45) is 2.06. The minimum atomic E-state index is -0.457. The van der Waals surface area contributed by atoms with E-state index in [0.717, 1.165) is 30.5 Å². The zero-order chi connectivity index (χ0) is 19.0. The van der Waals surface area contributed by atoms with Crippen LogP contribution in [0.5, 0.6) is 0 Å². The molecule has 0 radical (unpaired) electrons. The van der Waals surface area contributed by atoms with Gasteiger partial charge in [0.25, 0.3) is 0 Å². The molecule has 0 spiro atoms. The zero-order valence-electron chi connectivity index (χ0n) is 15.6. The topological polar surface area (TPSA) is 92.3 Å². The molecule has 0 unspecified atom stereocenters. The number of benzene rings is 1. The predicted molar refractivity (Wildman–Crippen MR) is 104 cm³/mol. The van der Waals surface area contributed by atoms with Crippen molar-refractivity contribution < 1.29 is 14.3 Å². The largest absolute Gasteiger partial charge is 0.462 e. The number of esters is 1. The monoisotopic (exact) mass is 368 g/mol. The predicted octanol–water partition coefficient (Wildman–Crippen LogP) is 3.16. The Kier molecular flexibility index (Phi) is 4.70. The Hall–Kier alpha value is -2.67. The molecule has 4 rings (SSSR count). The maximum Gasteiger partial charge on any atom is 0.344 e. The molecule has 27 heavy (non-hydrogen) atoms. The Morgan fingerprint density at radius 2 is 2.07 bits per heavy atom. The first-order valence-corrected chi connectivity index (χ1v) is 9.37. The molecule has 1 aliphatic rings. The molecule has 0 aliphatic carbocycles. The molecule has 2 N–H and O–H groups in total. The van der Waals surface area contributed by atoms with Crippen molar-refractivity contribution in [2.75, 3.05) is 18.9 Å². The van der Waals surface area contributed by atoms with E-state index in [1.165, 1.54) is 0 Å². The molecule has 7 nitrogen and oxygen atoms in total.